The Labute approximate surface area is 297 Å². The number of hydrogen-bond donors (Lipinski definition) is 0. The van der Waals surface area contributed by atoms with E-state index in [1.54, 1.807) is 0 Å². The standard InChI is InChI=1S/C45H26N4O2/c1-3-12-27(13-4-1)30-18-11-21-37-40(30)34-23-22-29(26-39(34)51-37)44-46-43(28-14-5-2-6-15-28)47-45(48-44)49-35-19-9-7-16-31(35)32-24-25-38-41(42(32)49)33-17-8-10-20-36(33)50-38/h1-26H/i2D,5D,6D,14D,15D. The normalized spacial score (nSPS) is 13.3. The van der Waals surface area contributed by atoms with Gasteiger partial charge in [0, 0.05) is 38.1 Å². The molecule has 0 amide bonds. The molecule has 6 nitrogen and oxygen atoms in total. The highest BCUT2D eigenvalue weighted by Gasteiger charge is 2.22. The molecule has 0 saturated carbocycles. The second-order valence-electron chi connectivity index (χ2n) is 12.4. The van der Waals surface area contributed by atoms with Crippen LogP contribution in [-0.4, -0.2) is 19.5 Å². The minimum Gasteiger partial charge on any atom is -0.456 e. The van der Waals surface area contributed by atoms with Crippen LogP contribution in [-0.2, 0) is 0 Å². The summed E-state index contributed by atoms with van der Waals surface area (Å²) in [6.45, 7) is 0. The summed E-state index contributed by atoms with van der Waals surface area (Å²) in [6, 6.07) is 39.5. The first-order chi connectivity index (χ1) is 27.4. The van der Waals surface area contributed by atoms with E-state index in [1.165, 1.54) is 0 Å². The van der Waals surface area contributed by atoms with Crippen molar-refractivity contribution >= 4 is 65.7 Å². The van der Waals surface area contributed by atoms with Crippen molar-refractivity contribution < 1.29 is 15.7 Å². The summed E-state index contributed by atoms with van der Waals surface area (Å²) in [5.41, 5.74) is 6.97. The molecule has 238 valence electrons. The highest BCUT2D eigenvalue weighted by molar-refractivity contribution is 6.24. The molecule has 0 N–H and O–H groups in total. The van der Waals surface area contributed by atoms with Gasteiger partial charge in [-0.05, 0) is 53.6 Å². The molecule has 0 bridgehead atoms. The van der Waals surface area contributed by atoms with Crippen molar-refractivity contribution in [3.63, 3.8) is 0 Å². The molecule has 11 aromatic rings. The molecule has 0 spiro atoms. The van der Waals surface area contributed by atoms with Gasteiger partial charge in [0.15, 0.2) is 11.6 Å². The quantitative estimate of drug-likeness (QED) is 0.188. The van der Waals surface area contributed by atoms with Crippen LogP contribution >= 0.6 is 0 Å². The SMILES string of the molecule is [2H]c1c([2H])c([2H])c(-c2nc(-c3ccc4c(c3)oc3cccc(-c5ccccc5)c34)nc(-n3c4ccccc4c4ccc5oc6ccccc6c5c43)n2)c([2H])c1[2H]. The van der Waals surface area contributed by atoms with Gasteiger partial charge < -0.3 is 8.83 Å². The first-order valence-electron chi connectivity index (χ1n) is 19.0. The second-order valence-corrected chi connectivity index (χ2v) is 12.4. The lowest BCUT2D eigenvalue weighted by molar-refractivity contribution is 0.668. The van der Waals surface area contributed by atoms with E-state index < -0.39 is 30.2 Å². The van der Waals surface area contributed by atoms with Gasteiger partial charge in [-0.2, -0.15) is 9.97 Å². The molecular weight excluding hydrogens is 629 g/mol. The number of furan rings is 2. The molecule has 0 radical (unpaired) electrons. The average Bonchev–Trinajstić information content (AvgIpc) is 3.91. The van der Waals surface area contributed by atoms with Gasteiger partial charge in [-0.3, -0.25) is 4.57 Å². The summed E-state index contributed by atoms with van der Waals surface area (Å²) in [5, 5.41) is 5.60. The van der Waals surface area contributed by atoms with E-state index in [0.29, 0.717) is 16.7 Å². The van der Waals surface area contributed by atoms with E-state index >= 15 is 0 Å². The van der Waals surface area contributed by atoms with Crippen LogP contribution in [0.5, 0.6) is 0 Å². The van der Waals surface area contributed by atoms with E-state index in [-0.39, 0.29) is 23.2 Å². The number of aromatic nitrogens is 4. The Bertz CT molecular complexity index is 3420. The van der Waals surface area contributed by atoms with Gasteiger partial charge >= 0.3 is 0 Å². The molecule has 4 heterocycles. The van der Waals surface area contributed by atoms with Crippen molar-refractivity contribution in [2.75, 3.05) is 0 Å². The molecule has 11 rings (SSSR count). The van der Waals surface area contributed by atoms with Crippen molar-refractivity contribution in [3.05, 3.63) is 158 Å². The number of hydrogen-bond acceptors (Lipinski definition) is 5. The Balaban J connectivity index is 1.23. The van der Waals surface area contributed by atoms with E-state index in [2.05, 4.69) is 18.2 Å². The van der Waals surface area contributed by atoms with Crippen LogP contribution < -0.4 is 0 Å². The number of nitrogens with zero attached hydrogens (tertiary/aromatic N) is 4. The summed E-state index contributed by atoms with van der Waals surface area (Å²) in [6.07, 6.45) is 0. The van der Waals surface area contributed by atoms with E-state index in [1.807, 2.05) is 114 Å². The van der Waals surface area contributed by atoms with Gasteiger partial charge in [-0.1, -0.05) is 115 Å². The molecule has 7 aromatic carbocycles. The van der Waals surface area contributed by atoms with E-state index in [0.717, 1.165) is 65.6 Å². The third kappa shape index (κ3) is 4.20. The number of rotatable bonds is 4. The molecular formula is C45H26N4O2. The van der Waals surface area contributed by atoms with E-state index in [9.17, 15) is 0 Å². The summed E-state index contributed by atoms with van der Waals surface area (Å²) in [4.78, 5) is 14.9. The van der Waals surface area contributed by atoms with Crippen molar-refractivity contribution in [1.82, 2.24) is 19.5 Å². The first kappa shape index (κ1) is 23.3. The van der Waals surface area contributed by atoms with Gasteiger partial charge in [0.1, 0.15) is 22.3 Å². The Kier molecular flexibility index (Phi) is 4.91. The second kappa shape index (κ2) is 10.7. The molecule has 4 aromatic heterocycles. The fourth-order valence-electron chi connectivity index (χ4n) is 7.36. The molecule has 0 atom stereocenters. The lowest BCUT2D eigenvalue weighted by Crippen LogP contribution is -2.06. The Hall–Kier alpha value is -7.05. The molecule has 0 fully saturated rings. The predicted octanol–water partition coefficient (Wildman–Crippen LogP) is 11.8. The van der Waals surface area contributed by atoms with Gasteiger partial charge in [0.05, 0.1) is 23.3 Å². The van der Waals surface area contributed by atoms with Crippen molar-refractivity contribution in [3.8, 4) is 39.9 Å². The van der Waals surface area contributed by atoms with Gasteiger partial charge in [-0.15, -0.1) is 0 Å². The lowest BCUT2D eigenvalue weighted by atomic mass is 9.99. The third-order valence-electron chi connectivity index (χ3n) is 9.56. The Morgan fingerprint density at radius 3 is 2.04 bits per heavy atom. The van der Waals surface area contributed by atoms with Crippen LogP contribution in [0.4, 0.5) is 0 Å². The van der Waals surface area contributed by atoms with Crippen LogP contribution in [0.3, 0.4) is 0 Å². The van der Waals surface area contributed by atoms with E-state index in [4.69, 9.17) is 30.6 Å². The number of fused-ring (bicyclic) bond motifs is 10. The monoisotopic (exact) mass is 659 g/mol. The maximum absolute atomic E-state index is 8.89. The summed E-state index contributed by atoms with van der Waals surface area (Å²) < 4.78 is 57.7. The number of para-hydroxylation sites is 2. The van der Waals surface area contributed by atoms with Crippen molar-refractivity contribution in [2.24, 2.45) is 0 Å². The Morgan fingerprint density at radius 1 is 0.471 bits per heavy atom. The minimum absolute atomic E-state index is 0.0618. The minimum atomic E-state index is -0.500. The highest BCUT2D eigenvalue weighted by Crippen LogP contribution is 2.41. The first-order valence-corrected chi connectivity index (χ1v) is 16.5. The van der Waals surface area contributed by atoms with Gasteiger partial charge in [0.2, 0.25) is 5.95 Å². The largest absolute Gasteiger partial charge is 0.456 e. The number of benzene rings is 7. The average molecular weight is 660 g/mol. The third-order valence-corrected chi connectivity index (χ3v) is 9.56. The highest BCUT2D eigenvalue weighted by atomic mass is 16.3. The summed E-state index contributed by atoms with van der Waals surface area (Å²) in [7, 11) is 0. The van der Waals surface area contributed by atoms with Crippen LogP contribution in [0.25, 0.3) is 106 Å². The molecule has 0 aliphatic rings. The summed E-state index contributed by atoms with van der Waals surface area (Å²) >= 11 is 0. The predicted molar refractivity (Wildman–Crippen MR) is 205 cm³/mol. The molecule has 51 heavy (non-hydrogen) atoms. The zero-order valence-corrected chi connectivity index (χ0v) is 26.7. The topological polar surface area (TPSA) is 69.9 Å². The summed E-state index contributed by atoms with van der Waals surface area (Å²) in [5.74, 6) is 0.377. The fraction of sp³-hybridized carbons (Fsp3) is 0. The molecule has 0 aliphatic heterocycles. The van der Waals surface area contributed by atoms with Crippen LogP contribution in [0.1, 0.15) is 6.85 Å². The molecule has 0 saturated heterocycles. The Morgan fingerprint density at radius 2 is 1.16 bits per heavy atom. The molecule has 6 heteroatoms. The zero-order chi connectivity index (χ0) is 37.8. The lowest BCUT2D eigenvalue weighted by Gasteiger charge is -2.11. The van der Waals surface area contributed by atoms with Crippen LogP contribution in [0, 0.1) is 0 Å². The zero-order valence-electron chi connectivity index (χ0n) is 31.7. The van der Waals surface area contributed by atoms with Gasteiger partial charge in [0.25, 0.3) is 0 Å². The van der Waals surface area contributed by atoms with Crippen LogP contribution in [0.15, 0.2) is 166 Å². The van der Waals surface area contributed by atoms with Crippen molar-refractivity contribution in [2.45, 2.75) is 0 Å². The molecule has 0 aliphatic carbocycles. The van der Waals surface area contributed by atoms with Crippen LogP contribution in [0.2, 0.25) is 0 Å². The smallest absolute Gasteiger partial charge is 0.238 e. The maximum atomic E-state index is 8.89. The van der Waals surface area contributed by atoms with Gasteiger partial charge in [-0.25, -0.2) is 4.98 Å². The maximum Gasteiger partial charge on any atom is 0.238 e. The molecule has 0 unspecified atom stereocenters. The van der Waals surface area contributed by atoms with Crippen molar-refractivity contribution in [1.29, 1.82) is 0 Å². The fourth-order valence-corrected chi connectivity index (χ4v) is 7.36.